The van der Waals surface area contributed by atoms with E-state index in [2.05, 4.69) is 27.2 Å². The summed E-state index contributed by atoms with van der Waals surface area (Å²) in [5.41, 5.74) is 0. The molecule has 0 radical (unpaired) electrons. The zero-order valence-electron chi connectivity index (χ0n) is 16.2. The minimum Gasteiger partial charge on any atom is -0.351 e. The van der Waals surface area contributed by atoms with Crippen molar-refractivity contribution in [2.75, 3.05) is 39.3 Å². The fourth-order valence-corrected chi connectivity index (χ4v) is 5.46. The smallest absolute Gasteiger partial charge is 0.261 e. The van der Waals surface area contributed by atoms with Gasteiger partial charge in [-0.25, -0.2) is 0 Å². The monoisotopic (exact) mass is 385 g/mol. The van der Waals surface area contributed by atoms with Crippen molar-refractivity contribution in [2.45, 2.75) is 44.6 Å². The largest absolute Gasteiger partial charge is 0.351 e. The van der Waals surface area contributed by atoms with Gasteiger partial charge in [0.15, 0.2) is 0 Å². The van der Waals surface area contributed by atoms with E-state index in [-0.39, 0.29) is 5.91 Å². The topological polar surface area (TPSA) is 35.6 Å². The van der Waals surface area contributed by atoms with E-state index < -0.39 is 0 Å². The molecule has 2 aromatic rings. The molecule has 0 unspecified atom stereocenters. The third-order valence-corrected chi connectivity index (χ3v) is 7.17. The van der Waals surface area contributed by atoms with Crippen LogP contribution in [0.1, 0.15) is 48.2 Å². The second-order valence-electron chi connectivity index (χ2n) is 7.93. The average Bonchev–Trinajstić information content (AvgIpc) is 3.17. The molecule has 2 aliphatic rings. The van der Waals surface area contributed by atoms with Crippen LogP contribution in [0, 0.1) is 0 Å². The Morgan fingerprint density at radius 3 is 2.63 bits per heavy atom. The van der Waals surface area contributed by atoms with E-state index in [0.29, 0.717) is 0 Å². The zero-order chi connectivity index (χ0) is 18.5. The number of hydrogen-bond acceptors (Lipinski definition) is 4. The second kappa shape index (κ2) is 9.18. The maximum atomic E-state index is 12.4. The van der Waals surface area contributed by atoms with Crippen LogP contribution in [-0.4, -0.2) is 61.0 Å². The number of amides is 1. The Morgan fingerprint density at radius 2 is 1.85 bits per heavy atom. The second-order valence-corrected chi connectivity index (χ2v) is 9.01. The SMILES string of the molecule is O=C(NCCCN1CCC(N2CCCCC2)CC1)c1cc2ccccc2s1. The predicted octanol–water partition coefficient (Wildman–Crippen LogP) is 3.97. The van der Waals surface area contributed by atoms with Crippen molar-refractivity contribution in [3.63, 3.8) is 0 Å². The minimum atomic E-state index is 0.0695. The summed E-state index contributed by atoms with van der Waals surface area (Å²) in [6, 6.07) is 11.0. The molecule has 5 heteroatoms. The highest BCUT2D eigenvalue weighted by Gasteiger charge is 2.25. The summed E-state index contributed by atoms with van der Waals surface area (Å²) >= 11 is 1.58. The van der Waals surface area contributed by atoms with Crippen molar-refractivity contribution in [3.8, 4) is 0 Å². The quantitative estimate of drug-likeness (QED) is 0.764. The van der Waals surface area contributed by atoms with Crippen molar-refractivity contribution in [1.29, 1.82) is 0 Å². The van der Waals surface area contributed by atoms with Gasteiger partial charge in [-0.05, 0) is 82.3 Å². The van der Waals surface area contributed by atoms with Gasteiger partial charge in [0.25, 0.3) is 5.91 Å². The summed E-state index contributed by atoms with van der Waals surface area (Å²) < 4.78 is 1.18. The summed E-state index contributed by atoms with van der Waals surface area (Å²) in [7, 11) is 0. The molecule has 3 heterocycles. The van der Waals surface area contributed by atoms with Gasteiger partial charge >= 0.3 is 0 Å². The number of hydrogen-bond donors (Lipinski definition) is 1. The standard InChI is InChI=1S/C22H31N3OS/c26-22(21-17-18-7-2-3-8-20(18)27-21)23-11-6-12-24-15-9-19(10-16-24)25-13-4-1-5-14-25/h2-3,7-8,17,19H,1,4-6,9-16H2,(H,23,26). The third-order valence-electron chi connectivity index (χ3n) is 6.05. The summed E-state index contributed by atoms with van der Waals surface area (Å²) in [6.07, 6.45) is 7.86. The van der Waals surface area contributed by atoms with Crippen molar-refractivity contribution < 1.29 is 4.79 Å². The van der Waals surface area contributed by atoms with E-state index in [0.717, 1.165) is 35.8 Å². The molecule has 0 aliphatic carbocycles. The summed E-state index contributed by atoms with van der Waals surface area (Å²) in [5.74, 6) is 0.0695. The fourth-order valence-electron chi connectivity index (χ4n) is 4.48. The number of carbonyl (C=O) groups is 1. The van der Waals surface area contributed by atoms with Gasteiger partial charge in [0, 0.05) is 17.3 Å². The number of nitrogens with zero attached hydrogens (tertiary/aromatic N) is 2. The van der Waals surface area contributed by atoms with Crippen LogP contribution in [0.15, 0.2) is 30.3 Å². The molecule has 146 valence electrons. The van der Waals surface area contributed by atoms with Gasteiger partial charge in [-0.15, -0.1) is 11.3 Å². The lowest BCUT2D eigenvalue weighted by molar-refractivity contribution is 0.0904. The number of fused-ring (bicyclic) bond motifs is 1. The Balaban J connectivity index is 1.15. The van der Waals surface area contributed by atoms with Crippen molar-refractivity contribution in [1.82, 2.24) is 15.1 Å². The maximum Gasteiger partial charge on any atom is 0.261 e. The third kappa shape index (κ3) is 4.89. The molecule has 1 N–H and O–H groups in total. The molecule has 2 fully saturated rings. The van der Waals surface area contributed by atoms with Gasteiger partial charge in [-0.1, -0.05) is 24.6 Å². The fraction of sp³-hybridized carbons (Fsp3) is 0.591. The lowest BCUT2D eigenvalue weighted by atomic mass is 10.00. The molecule has 0 bridgehead atoms. The van der Waals surface area contributed by atoms with E-state index in [1.54, 1.807) is 11.3 Å². The first-order valence-electron chi connectivity index (χ1n) is 10.5. The highest BCUT2D eigenvalue weighted by atomic mass is 32.1. The van der Waals surface area contributed by atoms with Crippen molar-refractivity contribution >= 4 is 27.3 Å². The lowest BCUT2D eigenvalue weighted by Crippen LogP contribution is -2.47. The van der Waals surface area contributed by atoms with Crippen LogP contribution in [0.25, 0.3) is 10.1 Å². The number of piperidine rings is 2. The number of benzene rings is 1. The van der Waals surface area contributed by atoms with E-state index in [1.165, 1.54) is 63.0 Å². The van der Waals surface area contributed by atoms with Gasteiger partial charge < -0.3 is 15.1 Å². The van der Waals surface area contributed by atoms with E-state index in [9.17, 15) is 4.79 Å². The van der Waals surface area contributed by atoms with Gasteiger partial charge in [-0.3, -0.25) is 4.79 Å². The lowest BCUT2D eigenvalue weighted by Gasteiger charge is -2.40. The van der Waals surface area contributed by atoms with Crippen LogP contribution in [0.3, 0.4) is 0 Å². The van der Waals surface area contributed by atoms with E-state index in [4.69, 9.17) is 0 Å². The Hall–Kier alpha value is -1.43. The van der Waals surface area contributed by atoms with Crippen LogP contribution in [0.5, 0.6) is 0 Å². The Labute approximate surface area is 166 Å². The van der Waals surface area contributed by atoms with E-state index >= 15 is 0 Å². The minimum absolute atomic E-state index is 0.0695. The normalized spacial score (nSPS) is 20.1. The molecule has 4 rings (SSSR count). The maximum absolute atomic E-state index is 12.4. The molecule has 0 saturated carbocycles. The Kier molecular flexibility index (Phi) is 6.43. The average molecular weight is 386 g/mol. The predicted molar refractivity (Wildman–Crippen MR) is 114 cm³/mol. The first-order chi connectivity index (χ1) is 13.3. The number of carbonyl (C=O) groups excluding carboxylic acids is 1. The summed E-state index contributed by atoms with van der Waals surface area (Å²) in [4.78, 5) is 18.5. The van der Waals surface area contributed by atoms with Crippen LogP contribution in [-0.2, 0) is 0 Å². The molecule has 2 saturated heterocycles. The highest BCUT2D eigenvalue weighted by molar-refractivity contribution is 7.20. The highest BCUT2D eigenvalue weighted by Crippen LogP contribution is 2.25. The van der Waals surface area contributed by atoms with Crippen LogP contribution >= 0.6 is 11.3 Å². The zero-order valence-corrected chi connectivity index (χ0v) is 17.0. The summed E-state index contributed by atoms with van der Waals surface area (Å²) in [5, 5.41) is 4.25. The number of nitrogens with one attached hydrogen (secondary N) is 1. The van der Waals surface area contributed by atoms with Gasteiger partial charge in [0.1, 0.15) is 0 Å². The van der Waals surface area contributed by atoms with Crippen LogP contribution in [0.2, 0.25) is 0 Å². The number of rotatable bonds is 6. The number of likely N-dealkylation sites (tertiary alicyclic amines) is 2. The molecule has 1 aromatic heterocycles. The van der Waals surface area contributed by atoms with Gasteiger partial charge in [-0.2, -0.15) is 0 Å². The molecule has 27 heavy (non-hydrogen) atoms. The molecule has 0 atom stereocenters. The summed E-state index contributed by atoms with van der Waals surface area (Å²) in [6.45, 7) is 6.91. The van der Waals surface area contributed by atoms with Crippen LogP contribution in [0.4, 0.5) is 0 Å². The van der Waals surface area contributed by atoms with Crippen molar-refractivity contribution in [2.24, 2.45) is 0 Å². The van der Waals surface area contributed by atoms with E-state index in [1.807, 2.05) is 18.2 Å². The van der Waals surface area contributed by atoms with Crippen molar-refractivity contribution in [3.05, 3.63) is 35.2 Å². The Bertz CT molecular complexity index is 712. The number of thiophene rings is 1. The van der Waals surface area contributed by atoms with Gasteiger partial charge in [0.2, 0.25) is 0 Å². The van der Waals surface area contributed by atoms with Gasteiger partial charge in [0.05, 0.1) is 4.88 Å². The first-order valence-corrected chi connectivity index (χ1v) is 11.3. The molecule has 2 aliphatic heterocycles. The molecule has 1 amide bonds. The Morgan fingerprint density at radius 1 is 1.07 bits per heavy atom. The first kappa shape index (κ1) is 18.9. The van der Waals surface area contributed by atoms with Crippen LogP contribution < -0.4 is 5.32 Å². The molecule has 0 spiro atoms. The molecule has 1 aromatic carbocycles. The molecule has 4 nitrogen and oxygen atoms in total. The molecular formula is C22H31N3OS. The molecular weight excluding hydrogens is 354 g/mol.